The molecule has 1 aromatic heterocycles. The van der Waals surface area contributed by atoms with E-state index in [9.17, 15) is 14.4 Å². The van der Waals surface area contributed by atoms with Crippen molar-refractivity contribution in [3.8, 4) is 5.75 Å². The topological polar surface area (TPSA) is 95.0 Å². The van der Waals surface area contributed by atoms with Gasteiger partial charge in [-0.05, 0) is 57.4 Å². The van der Waals surface area contributed by atoms with E-state index in [-0.39, 0.29) is 18.5 Å². The third-order valence-corrected chi connectivity index (χ3v) is 6.68. The molecule has 3 aliphatic rings. The van der Waals surface area contributed by atoms with Gasteiger partial charge in [-0.3, -0.25) is 9.78 Å². The van der Waals surface area contributed by atoms with Crippen molar-refractivity contribution in [2.24, 2.45) is 0 Å². The Hall–Kier alpha value is -3.42. The Balaban J connectivity index is 1.25. The summed E-state index contributed by atoms with van der Waals surface area (Å²) in [5.74, 6) is -0.203. The van der Waals surface area contributed by atoms with Gasteiger partial charge in [-0.25, -0.2) is 9.59 Å². The molecule has 1 saturated heterocycles. The average molecular weight is 465 g/mol. The maximum absolute atomic E-state index is 13.6. The van der Waals surface area contributed by atoms with Crippen LogP contribution in [-0.2, 0) is 30.1 Å². The highest BCUT2D eigenvalue weighted by Gasteiger charge is 2.57. The summed E-state index contributed by atoms with van der Waals surface area (Å²) in [6.07, 6.45) is 5.31. The van der Waals surface area contributed by atoms with Gasteiger partial charge in [0.25, 0.3) is 0 Å². The molecule has 0 N–H and O–H groups in total. The van der Waals surface area contributed by atoms with E-state index in [1.54, 1.807) is 39.1 Å². The first-order valence-electron chi connectivity index (χ1n) is 11.5. The summed E-state index contributed by atoms with van der Waals surface area (Å²) in [6, 6.07) is 9.15. The second-order valence-corrected chi connectivity index (χ2v) is 10.3. The first-order chi connectivity index (χ1) is 16.1. The summed E-state index contributed by atoms with van der Waals surface area (Å²) >= 11 is 0. The molecule has 8 nitrogen and oxygen atoms in total. The Kier molecular flexibility index (Phi) is 5.15. The monoisotopic (exact) mass is 464 g/mol. The number of carbonyl (C=O) groups excluding carboxylic acids is 3. The maximum Gasteiger partial charge on any atom is 0.344 e. The quantitative estimate of drug-likeness (QED) is 0.628. The minimum atomic E-state index is -0.777. The van der Waals surface area contributed by atoms with E-state index in [0.29, 0.717) is 30.8 Å². The van der Waals surface area contributed by atoms with Gasteiger partial charge in [0.2, 0.25) is 5.91 Å². The molecule has 2 aliphatic heterocycles. The molecule has 5 rings (SSSR count). The Morgan fingerprint density at radius 3 is 2.53 bits per heavy atom. The minimum Gasteiger partial charge on any atom is -0.482 e. The van der Waals surface area contributed by atoms with Crippen LogP contribution in [0.5, 0.6) is 5.75 Å². The number of hydrogen-bond donors (Lipinski definition) is 0. The fourth-order valence-corrected chi connectivity index (χ4v) is 4.94. The molecule has 2 fully saturated rings. The largest absolute Gasteiger partial charge is 0.482 e. The van der Waals surface area contributed by atoms with Gasteiger partial charge in [0, 0.05) is 30.9 Å². The van der Waals surface area contributed by atoms with Crippen molar-refractivity contribution in [1.82, 2.24) is 9.88 Å². The van der Waals surface area contributed by atoms with E-state index < -0.39 is 22.6 Å². The van der Waals surface area contributed by atoms with Crippen molar-refractivity contribution < 1.29 is 28.6 Å². The second-order valence-electron chi connectivity index (χ2n) is 10.3. The van der Waals surface area contributed by atoms with Crippen LogP contribution in [-0.4, -0.2) is 53.0 Å². The maximum atomic E-state index is 13.6. The Bertz CT molecular complexity index is 1150. The molecule has 1 spiro atoms. The molecule has 0 bridgehead atoms. The zero-order chi connectivity index (χ0) is 24.1. The van der Waals surface area contributed by atoms with Gasteiger partial charge in [0.1, 0.15) is 11.4 Å². The first kappa shape index (κ1) is 22.4. The lowest BCUT2D eigenvalue weighted by Gasteiger charge is -2.27. The van der Waals surface area contributed by atoms with Crippen molar-refractivity contribution in [1.29, 1.82) is 0 Å². The SMILES string of the molecule is CC(C)(C)OC(=O)COc1ccc(C2(C(=O)N3CC[C@@]4(C3)OC(=O)c3cnccc34)CC2)cc1. The number of aromatic nitrogens is 1. The molecular weight excluding hydrogens is 436 g/mol. The molecule has 1 atom stereocenters. The molecule has 1 saturated carbocycles. The van der Waals surface area contributed by atoms with Gasteiger partial charge in [-0.2, -0.15) is 0 Å². The van der Waals surface area contributed by atoms with Crippen molar-refractivity contribution in [2.45, 2.75) is 56.7 Å². The van der Waals surface area contributed by atoms with Gasteiger partial charge in [-0.1, -0.05) is 12.1 Å². The highest BCUT2D eigenvalue weighted by molar-refractivity contribution is 5.95. The summed E-state index contributed by atoms with van der Waals surface area (Å²) in [6.45, 7) is 6.13. The Labute approximate surface area is 198 Å². The number of benzene rings is 1. The van der Waals surface area contributed by atoms with E-state index in [1.807, 2.05) is 23.1 Å². The molecule has 2 aromatic rings. The first-order valence-corrected chi connectivity index (χ1v) is 11.5. The van der Waals surface area contributed by atoms with Crippen molar-refractivity contribution in [2.75, 3.05) is 19.7 Å². The molecule has 1 aliphatic carbocycles. The van der Waals surface area contributed by atoms with Crippen LogP contribution in [0.1, 0.15) is 61.5 Å². The van der Waals surface area contributed by atoms with Crippen LogP contribution in [0.2, 0.25) is 0 Å². The van der Waals surface area contributed by atoms with Crippen LogP contribution in [0.25, 0.3) is 0 Å². The Morgan fingerprint density at radius 2 is 1.85 bits per heavy atom. The van der Waals surface area contributed by atoms with Crippen molar-refractivity contribution >= 4 is 17.8 Å². The smallest absolute Gasteiger partial charge is 0.344 e. The number of pyridine rings is 1. The molecule has 0 radical (unpaired) electrons. The molecule has 3 heterocycles. The van der Waals surface area contributed by atoms with Crippen LogP contribution < -0.4 is 4.74 Å². The van der Waals surface area contributed by atoms with Crippen LogP contribution in [0.15, 0.2) is 42.7 Å². The van der Waals surface area contributed by atoms with Crippen LogP contribution in [0.3, 0.4) is 0 Å². The van der Waals surface area contributed by atoms with Gasteiger partial charge < -0.3 is 19.1 Å². The predicted molar refractivity (Wildman–Crippen MR) is 121 cm³/mol. The fraction of sp³-hybridized carbons (Fsp3) is 0.462. The average Bonchev–Trinajstić information content (AvgIpc) is 3.43. The number of fused-ring (bicyclic) bond motifs is 2. The van der Waals surface area contributed by atoms with Crippen LogP contribution >= 0.6 is 0 Å². The summed E-state index contributed by atoms with van der Waals surface area (Å²) in [5.41, 5.74) is 0.335. The lowest BCUT2D eigenvalue weighted by Crippen LogP contribution is -2.40. The van der Waals surface area contributed by atoms with Gasteiger partial charge >= 0.3 is 11.9 Å². The number of rotatable bonds is 5. The number of hydrogen-bond acceptors (Lipinski definition) is 7. The normalized spacial score (nSPS) is 22.3. The zero-order valence-corrected chi connectivity index (χ0v) is 19.6. The molecular formula is C26H28N2O6. The van der Waals surface area contributed by atoms with E-state index in [0.717, 1.165) is 24.0 Å². The lowest BCUT2D eigenvalue weighted by atomic mass is 9.92. The third kappa shape index (κ3) is 3.91. The number of nitrogens with zero attached hydrogens (tertiary/aromatic N) is 2. The molecule has 0 unspecified atom stereocenters. The fourth-order valence-electron chi connectivity index (χ4n) is 4.94. The Morgan fingerprint density at radius 1 is 1.12 bits per heavy atom. The number of likely N-dealkylation sites (tertiary alicyclic amines) is 1. The van der Waals surface area contributed by atoms with Crippen molar-refractivity contribution in [3.05, 3.63) is 59.4 Å². The van der Waals surface area contributed by atoms with Crippen LogP contribution in [0, 0.1) is 0 Å². The van der Waals surface area contributed by atoms with E-state index in [2.05, 4.69) is 4.98 Å². The summed E-state index contributed by atoms with van der Waals surface area (Å²) < 4.78 is 16.6. The summed E-state index contributed by atoms with van der Waals surface area (Å²) in [5, 5.41) is 0. The molecule has 1 amide bonds. The number of amides is 1. The second kappa shape index (κ2) is 7.82. The van der Waals surface area contributed by atoms with Gasteiger partial charge in [-0.15, -0.1) is 0 Å². The number of esters is 2. The van der Waals surface area contributed by atoms with Gasteiger partial charge in [0.05, 0.1) is 17.5 Å². The highest BCUT2D eigenvalue weighted by Crippen LogP contribution is 2.52. The third-order valence-electron chi connectivity index (χ3n) is 6.68. The van der Waals surface area contributed by atoms with Crippen molar-refractivity contribution in [3.63, 3.8) is 0 Å². The molecule has 178 valence electrons. The number of ether oxygens (including phenoxy) is 3. The van der Waals surface area contributed by atoms with E-state index in [1.165, 1.54) is 6.20 Å². The molecule has 1 aromatic carbocycles. The summed E-state index contributed by atoms with van der Waals surface area (Å²) in [4.78, 5) is 43.6. The predicted octanol–water partition coefficient (Wildman–Crippen LogP) is 3.13. The van der Waals surface area contributed by atoms with Gasteiger partial charge in [0.15, 0.2) is 12.2 Å². The summed E-state index contributed by atoms with van der Waals surface area (Å²) in [7, 11) is 0. The van der Waals surface area contributed by atoms with Crippen LogP contribution in [0.4, 0.5) is 0 Å². The molecule has 8 heteroatoms. The van der Waals surface area contributed by atoms with E-state index >= 15 is 0 Å². The molecule has 34 heavy (non-hydrogen) atoms. The number of carbonyl (C=O) groups is 3. The minimum absolute atomic E-state index is 0.0605. The highest BCUT2D eigenvalue weighted by atomic mass is 16.6. The van der Waals surface area contributed by atoms with E-state index in [4.69, 9.17) is 14.2 Å². The lowest BCUT2D eigenvalue weighted by molar-refractivity contribution is -0.157. The standard InChI is InChI=1S/C26H28N2O6/c1-24(2,3)33-21(29)15-32-18-6-4-17(5-7-18)25(9-10-25)23(31)28-13-11-26(16-28)20-8-12-27-14-19(20)22(30)34-26/h4-8,12,14H,9-11,13,15-16H2,1-3H3/t26-/m0/s1. The zero-order valence-electron chi connectivity index (χ0n) is 19.6.